The first-order valence-corrected chi connectivity index (χ1v) is 12.1. The fourth-order valence-electron chi connectivity index (χ4n) is 3.71. The highest BCUT2D eigenvalue weighted by Gasteiger charge is 2.18. The Morgan fingerprint density at radius 2 is 1.91 bits per heavy atom. The lowest BCUT2D eigenvalue weighted by molar-refractivity contribution is -0.116. The Morgan fingerprint density at radius 1 is 1.06 bits per heavy atom. The van der Waals surface area contributed by atoms with Gasteiger partial charge < -0.3 is 14.8 Å². The van der Waals surface area contributed by atoms with E-state index in [1.54, 1.807) is 36.0 Å². The summed E-state index contributed by atoms with van der Waals surface area (Å²) in [5.74, 6) is -0.148. The van der Waals surface area contributed by atoms with Crippen LogP contribution in [0.4, 0.5) is 5.69 Å². The van der Waals surface area contributed by atoms with E-state index in [-0.39, 0.29) is 11.8 Å². The van der Waals surface area contributed by atoms with Gasteiger partial charge in [0.1, 0.15) is 0 Å². The average molecular weight is 473 g/mol. The molecule has 34 heavy (non-hydrogen) atoms. The third-order valence-electron chi connectivity index (χ3n) is 5.49. The number of aromatic nitrogens is 2. The molecular formula is C27H28N4O2S. The number of imidazole rings is 1. The van der Waals surface area contributed by atoms with Crippen molar-refractivity contribution in [1.29, 1.82) is 0 Å². The molecule has 174 valence electrons. The van der Waals surface area contributed by atoms with Crippen LogP contribution in [-0.2, 0) is 24.3 Å². The molecule has 4 rings (SSSR count). The van der Waals surface area contributed by atoms with Crippen molar-refractivity contribution in [1.82, 2.24) is 14.5 Å². The molecule has 0 radical (unpaired) electrons. The molecule has 0 spiro atoms. The normalized spacial score (nSPS) is 10.7. The highest BCUT2D eigenvalue weighted by molar-refractivity contribution is 7.11. The van der Waals surface area contributed by atoms with Gasteiger partial charge in [-0.05, 0) is 49.2 Å². The van der Waals surface area contributed by atoms with Gasteiger partial charge in [-0.2, -0.15) is 0 Å². The second-order valence-corrected chi connectivity index (χ2v) is 9.53. The molecule has 2 heterocycles. The van der Waals surface area contributed by atoms with E-state index in [2.05, 4.69) is 41.5 Å². The standard InChI is InChI=1S/C27H28N4O2S/c1-21-10-11-25(34-21)19-31(16-12-22-6-3-2-4-7-22)27(33)23-8-5-9-24(18-23)29-26(32)13-15-30-17-14-28-20-30/h2-11,14,17-18,20H,12-13,15-16,19H2,1H3,(H,29,32). The zero-order chi connectivity index (χ0) is 23.8. The van der Waals surface area contributed by atoms with Crippen molar-refractivity contribution >= 4 is 28.8 Å². The van der Waals surface area contributed by atoms with Crippen LogP contribution in [0.3, 0.4) is 0 Å². The van der Waals surface area contributed by atoms with Crippen LogP contribution in [-0.4, -0.2) is 32.8 Å². The zero-order valence-corrected chi connectivity index (χ0v) is 20.0. The molecule has 0 bridgehead atoms. The summed E-state index contributed by atoms with van der Waals surface area (Å²) in [4.78, 5) is 34.1. The number of nitrogens with zero attached hydrogens (tertiary/aromatic N) is 3. The van der Waals surface area contributed by atoms with E-state index in [0.29, 0.717) is 37.3 Å². The highest BCUT2D eigenvalue weighted by Crippen LogP contribution is 2.20. The molecule has 0 fully saturated rings. The lowest BCUT2D eigenvalue weighted by atomic mass is 10.1. The largest absolute Gasteiger partial charge is 0.337 e. The van der Waals surface area contributed by atoms with E-state index in [4.69, 9.17) is 0 Å². The summed E-state index contributed by atoms with van der Waals surface area (Å²) in [6, 6.07) is 21.5. The Kier molecular flexibility index (Phi) is 7.88. The molecule has 6 nitrogen and oxygen atoms in total. The van der Waals surface area contributed by atoms with Crippen molar-refractivity contribution in [2.75, 3.05) is 11.9 Å². The molecule has 4 aromatic rings. The minimum atomic E-state index is -0.103. The molecule has 0 aliphatic carbocycles. The fraction of sp³-hybridized carbons (Fsp3) is 0.222. The quantitative estimate of drug-likeness (QED) is 0.346. The minimum absolute atomic E-state index is 0.0449. The van der Waals surface area contributed by atoms with Crippen LogP contribution in [0.5, 0.6) is 0 Å². The van der Waals surface area contributed by atoms with E-state index >= 15 is 0 Å². The summed E-state index contributed by atoms with van der Waals surface area (Å²) < 4.78 is 1.86. The third kappa shape index (κ3) is 6.65. The fourth-order valence-corrected chi connectivity index (χ4v) is 4.61. The van der Waals surface area contributed by atoms with Gasteiger partial charge in [-0.3, -0.25) is 9.59 Å². The molecule has 2 aromatic heterocycles. The highest BCUT2D eigenvalue weighted by atomic mass is 32.1. The van der Waals surface area contributed by atoms with Gasteiger partial charge in [-0.25, -0.2) is 4.98 Å². The number of hydrogen-bond acceptors (Lipinski definition) is 4. The van der Waals surface area contributed by atoms with Crippen molar-refractivity contribution in [2.24, 2.45) is 0 Å². The molecule has 1 N–H and O–H groups in total. The van der Waals surface area contributed by atoms with Gasteiger partial charge in [0.15, 0.2) is 0 Å². The van der Waals surface area contributed by atoms with Crippen molar-refractivity contribution < 1.29 is 9.59 Å². The van der Waals surface area contributed by atoms with Crippen LogP contribution in [0.2, 0.25) is 0 Å². The van der Waals surface area contributed by atoms with E-state index in [9.17, 15) is 9.59 Å². The smallest absolute Gasteiger partial charge is 0.254 e. The van der Waals surface area contributed by atoms with Crippen LogP contribution >= 0.6 is 11.3 Å². The number of benzene rings is 2. The molecule has 0 saturated heterocycles. The van der Waals surface area contributed by atoms with Gasteiger partial charge in [0, 0.05) is 52.9 Å². The topological polar surface area (TPSA) is 67.2 Å². The lowest BCUT2D eigenvalue weighted by Crippen LogP contribution is -2.32. The molecule has 0 aliphatic heterocycles. The van der Waals surface area contributed by atoms with E-state index in [1.807, 2.05) is 46.0 Å². The van der Waals surface area contributed by atoms with Gasteiger partial charge >= 0.3 is 0 Å². The van der Waals surface area contributed by atoms with E-state index in [0.717, 1.165) is 11.3 Å². The van der Waals surface area contributed by atoms with Crippen LogP contribution < -0.4 is 5.32 Å². The number of thiophene rings is 1. The van der Waals surface area contributed by atoms with Crippen molar-refractivity contribution in [3.05, 3.63) is 106 Å². The maximum atomic E-state index is 13.5. The molecule has 2 amide bonds. The number of rotatable bonds is 10. The molecule has 0 atom stereocenters. The summed E-state index contributed by atoms with van der Waals surface area (Å²) >= 11 is 1.71. The van der Waals surface area contributed by atoms with Crippen molar-refractivity contribution in [3.63, 3.8) is 0 Å². The maximum Gasteiger partial charge on any atom is 0.254 e. The number of nitrogens with one attached hydrogen (secondary N) is 1. The van der Waals surface area contributed by atoms with Gasteiger partial charge in [-0.15, -0.1) is 11.3 Å². The van der Waals surface area contributed by atoms with Crippen molar-refractivity contribution in [3.8, 4) is 0 Å². The van der Waals surface area contributed by atoms with Crippen LogP contribution in [0.15, 0.2) is 85.5 Å². The first-order valence-electron chi connectivity index (χ1n) is 11.3. The Balaban J connectivity index is 1.44. The van der Waals surface area contributed by atoms with E-state index in [1.165, 1.54) is 10.4 Å². The molecule has 0 aliphatic rings. The Labute approximate surface area is 203 Å². The van der Waals surface area contributed by atoms with Gasteiger partial charge in [0.25, 0.3) is 5.91 Å². The van der Waals surface area contributed by atoms with Crippen molar-refractivity contribution in [2.45, 2.75) is 32.9 Å². The predicted molar refractivity (Wildman–Crippen MR) is 136 cm³/mol. The number of anilines is 1. The van der Waals surface area contributed by atoms with Gasteiger partial charge in [0.05, 0.1) is 12.9 Å². The number of carbonyl (C=O) groups is 2. The monoisotopic (exact) mass is 472 g/mol. The molecular weight excluding hydrogens is 444 g/mol. The van der Waals surface area contributed by atoms with Crippen LogP contribution in [0.1, 0.15) is 32.1 Å². The number of amides is 2. The summed E-state index contributed by atoms with van der Waals surface area (Å²) in [6.07, 6.45) is 6.31. The number of hydrogen-bond donors (Lipinski definition) is 1. The predicted octanol–water partition coefficient (Wildman–Crippen LogP) is 5.17. The van der Waals surface area contributed by atoms with E-state index < -0.39 is 0 Å². The summed E-state index contributed by atoms with van der Waals surface area (Å²) in [5.41, 5.74) is 2.38. The first-order chi connectivity index (χ1) is 16.6. The first kappa shape index (κ1) is 23.4. The summed E-state index contributed by atoms with van der Waals surface area (Å²) in [6.45, 7) is 3.80. The SMILES string of the molecule is Cc1ccc(CN(CCc2ccccc2)C(=O)c2cccc(NC(=O)CCn3ccnc3)c2)s1. The Morgan fingerprint density at radius 3 is 2.65 bits per heavy atom. The molecule has 7 heteroatoms. The average Bonchev–Trinajstić information content (AvgIpc) is 3.52. The Bertz CT molecular complexity index is 1220. The summed E-state index contributed by atoms with van der Waals surface area (Å²) in [5, 5.41) is 2.91. The molecule has 2 aromatic carbocycles. The van der Waals surface area contributed by atoms with Gasteiger partial charge in [0.2, 0.25) is 5.91 Å². The number of carbonyl (C=O) groups excluding carboxylic acids is 2. The second-order valence-electron chi connectivity index (χ2n) is 8.15. The zero-order valence-electron chi connectivity index (χ0n) is 19.2. The molecule has 0 unspecified atom stereocenters. The maximum absolute atomic E-state index is 13.5. The molecule has 0 saturated carbocycles. The third-order valence-corrected chi connectivity index (χ3v) is 6.48. The number of aryl methyl sites for hydroxylation is 2. The Hall–Kier alpha value is -3.71. The van der Waals surface area contributed by atoms with Gasteiger partial charge in [-0.1, -0.05) is 36.4 Å². The van der Waals surface area contributed by atoms with Crippen LogP contribution in [0, 0.1) is 6.92 Å². The second kappa shape index (κ2) is 11.4. The lowest BCUT2D eigenvalue weighted by Gasteiger charge is -2.23. The summed E-state index contributed by atoms with van der Waals surface area (Å²) in [7, 11) is 0. The van der Waals surface area contributed by atoms with Crippen LogP contribution in [0.25, 0.3) is 0 Å². The minimum Gasteiger partial charge on any atom is -0.337 e.